The minimum atomic E-state index is -0.274. The zero-order chi connectivity index (χ0) is 21.2. The molecule has 0 unspecified atom stereocenters. The Morgan fingerprint density at radius 1 is 0.871 bits per heavy atom. The molecule has 1 N–H and O–H groups in total. The lowest BCUT2D eigenvalue weighted by atomic mass is 9.70. The molecule has 160 valence electrons. The van der Waals surface area contributed by atoms with Crippen LogP contribution >= 0.6 is 0 Å². The van der Waals surface area contributed by atoms with Gasteiger partial charge in [-0.1, -0.05) is 60.7 Å². The van der Waals surface area contributed by atoms with E-state index in [9.17, 15) is 4.39 Å². The molecule has 0 radical (unpaired) electrons. The maximum absolute atomic E-state index is 15.1. The van der Waals surface area contributed by atoms with Crippen LogP contribution < -0.4 is 5.32 Å². The van der Waals surface area contributed by atoms with Crippen molar-refractivity contribution < 1.29 is 8.78 Å². The van der Waals surface area contributed by atoms with Crippen molar-refractivity contribution in [1.82, 2.24) is 10.2 Å². The number of hydrogen-bond acceptors (Lipinski definition) is 2. The number of hydrogen-bond donors (Lipinski definition) is 1. The maximum Gasteiger partial charge on any atom is 0.127 e. The fourth-order valence-corrected chi connectivity index (χ4v) is 5.61. The molecule has 6 rings (SSSR count). The smallest absolute Gasteiger partial charge is 0.127 e. The second kappa shape index (κ2) is 8.89. The molecule has 0 saturated carbocycles. The Balaban J connectivity index is 1.54. The molecule has 0 aromatic heterocycles. The van der Waals surface area contributed by atoms with Crippen molar-refractivity contribution >= 4 is 0 Å². The summed E-state index contributed by atoms with van der Waals surface area (Å²) in [5.74, 6) is -0.181. The number of benzene rings is 3. The van der Waals surface area contributed by atoms with Gasteiger partial charge in [-0.3, -0.25) is 4.90 Å². The summed E-state index contributed by atoms with van der Waals surface area (Å²) in [5.41, 5.74) is 2.73. The lowest BCUT2D eigenvalue weighted by Crippen LogP contribution is -2.64. The molecule has 2 bridgehead atoms. The molecule has 3 atom stereocenters. The van der Waals surface area contributed by atoms with Gasteiger partial charge < -0.3 is 5.32 Å². The Bertz CT molecular complexity index is 1010. The number of fused-ring (bicyclic) bond motifs is 3. The van der Waals surface area contributed by atoms with E-state index in [1.807, 2.05) is 24.3 Å². The van der Waals surface area contributed by atoms with E-state index in [4.69, 9.17) is 0 Å². The number of halogens is 2. The van der Waals surface area contributed by atoms with Crippen LogP contribution in [0, 0.1) is 17.6 Å². The van der Waals surface area contributed by atoms with Crippen LogP contribution in [0.15, 0.2) is 78.9 Å². The second-order valence-electron chi connectivity index (χ2n) is 8.81. The van der Waals surface area contributed by atoms with E-state index in [0.29, 0.717) is 11.5 Å². The number of nitrogens with one attached hydrogen (secondary N) is 1. The van der Waals surface area contributed by atoms with Gasteiger partial charge in [0, 0.05) is 24.5 Å². The maximum atomic E-state index is 15.1. The van der Waals surface area contributed by atoms with E-state index >= 15 is 4.39 Å². The fourth-order valence-electron chi connectivity index (χ4n) is 5.61. The Kier molecular flexibility index (Phi) is 5.84. The van der Waals surface area contributed by atoms with Gasteiger partial charge in [0.05, 0.1) is 0 Å². The molecular formula is C27H28F2N2. The third-order valence-corrected chi connectivity index (χ3v) is 7.05. The summed E-state index contributed by atoms with van der Waals surface area (Å²) < 4.78 is 29.3. The lowest BCUT2D eigenvalue weighted by Gasteiger charge is -2.54. The largest absolute Gasteiger partial charge is 0.308 e. The van der Waals surface area contributed by atoms with Crippen molar-refractivity contribution in [2.45, 2.75) is 37.4 Å². The Morgan fingerprint density at radius 3 is 2.35 bits per heavy atom. The summed E-state index contributed by atoms with van der Waals surface area (Å²) in [7, 11) is 0. The van der Waals surface area contributed by atoms with Gasteiger partial charge in [0.15, 0.2) is 0 Å². The summed E-state index contributed by atoms with van der Waals surface area (Å²) >= 11 is 0. The van der Waals surface area contributed by atoms with Crippen LogP contribution in [-0.2, 0) is 6.54 Å². The van der Waals surface area contributed by atoms with Crippen LogP contribution in [-0.4, -0.2) is 30.1 Å². The van der Waals surface area contributed by atoms with Crippen molar-refractivity contribution in [2.24, 2.45) is 5.92 Å². The molecule has 2 nitrogen and oxygen atoms in total. The van der Waals surface area contributed by atoms with E-state index < -0.39 is 0 Å². The Morgan fingerprint density at radius 2 is 1.61 bits per heavy atom. The van der Waals surface area contributed by atoms with Crippen LogP contribution in [0.1, 0.15) is 35.4 Å². The predicted octanol–water partition coefficient (Wildman–Crippen LogP) is 5.35. The van der Waals surface area contributed by atoms with E-state index in [1.165, 1.54) is 17.7 Å². The van der Waals surface area contributed by atoms with E-state index in [0.717, 1.165) is 38.0 Å². The van der Waals surface area contributed by atoms with Crippen LogP contribution in [0.3, 0.4) is 0 Å². The summed E-state index contributed by atoms with van der Waals surface area (Å²) in [6.45, 7) is 2.80. The highest BCUT2D eigenvalue weighted by atomic mass is 19.1. The number of piperidine rings is 3. The van der Waals surface area contributed by atoms with Crippen molar-refractivity contribution in [3.8, 4) is 0 Å². The zero-order valence-corrected chi connectivity index (χ0v) is 17.6. The van der Waals surface area contributed by atoms with Crippen LogP contribution in [0.2, 0.25) is 0 Å². The standard InChI is InChI=1S/C27H28F2N2/c28-22-10-6-9-21(17-22)25(23-11-4-5-12-24(23)29)27-26(20-13-15-31(27)16-14-20)30-18-19-7-2-1-3-8-19/h1-12,17,20,25-27,30H,13-16,18H2/t25-,26-,27-/m1/s1. The molecule has 3 aliphatic heterocycles. The summed E-state index contributed by atoms with van der Waals surface area (Å²) in [6.07, 6.45) is 2.30. The summed E-state index contributed by atoms with van der Waals surface area (Å²) in [4.78, 5) is 2.49. The molecule has 3 aliphatic rings. The molecule has 0 aliphatic carbocycles. The molecule has 3 aromatic carbocycles. The highest BCUT2D eigenvalue weighted by Gasteiger charge is 2.46. The first-order valence-electron chi connectivity index (χ1n) is 11.2. The monoisotopic (exact) mass is 418 g/mol. The Hall–Kier alpha value is -2.56. The predicted molar refractivity (Wildman–Crippen MR) is 120 cm³/mol. The van der Waals surface area contributed by atoms with Crippen LogP contribution in [0.4, 0.5) is 8.78 Å². The first kappa shape index (κ1) is 20.3. The molecule has 0 amide bonds. The number of nitrogens with zero attached hydrogens (tertiary/aromatic N) is 1. The van der Waals surface area contributed by atoms with Crippen molar-refractivity contribution in [3.63, 3.8) is 0 Å². The Labute approximate surface area is 182 Å². The first-order valence-corrected chi connectivity index (χ1v) is 11.2. The molecular weight excluding hydrogens is 390 g/mol. The average Bonchev–Trinajstić information content (AvgIpc) is 2.81. The molecule has 3 heterocycles. The second-order valence-corrected chi connectivity index (χ2v) is 8.81. The molecule has 0 spiro atoms. The highest BCUT2D eigenvalue weighted by Crippen LogP contribution is 2.42. The van der Waals surface area contributed by atoms with Crippen LogP contribution in [0.5, 0.6) is 0 Å². The summed E-state index contributed by atoms with van der Waals surface area (Å²) in [6, 6.07) is 24.4. The normalized spacial score (nSPS) is 26.0. The third-order valence-electron chi connectivity index (χ3n) is 7.05. The quantitative estimate of drug-likeness (QED) is 0.581. The van der Waals surface area contributed by atoms with Gasteiger partial charge in [-0.15, -0.1) is 0 Å². The van der Waals surface area contributed by atoms with Gasteiger partial charge in [-0.2, -0.15) is 0 Å². The van der Waals surface area contributed by atoms with Crippen molar-refractivity contribution in [2.75, 3.05) is 13.1 Å². The number of rotatable bonds is 6. The first-order chi connectivity index (χ1) is 15.2. The highest BCUT2D eigenvalue weighted by molar-refractivity contribution is 5.37. The van der Waals surface area contributed by atoms with E-state index in [-0.39, 0.29) is 29.6 Å². The third kappa shape index (κ3) is 4.15. The van der Waals surface area contributed by atoms with E-state index in [1.54, 1.807) is 18.2 Å². The molecule has 3 saturated heterocycles. The summed E-state index contributed by atoms with van der Waals surface area (Å²) in [5, 5.41) is 3.82. The van der Waals surface area contributed by atoms with Crippen LogP contribution in [0.25, 0.3) is 0 Å². The van der Waals surface area contributed by atoms with Gasteiger partial charge in [0.2, 0.25) is 0 Å². The van der Waals surface area contributed by atoms with Gasteiger partial charge in [0.25, 0.3) is 0 Å². The molecule has 31 heavy (non-hydrogen) atoms. The minimum Gasteiger partial charge on any atom is -0.308 e. The molecule has 4 heteroatoms. The lowest BCUT2D eigenvalue weighted by molar-refractivity contribution is 0.00422. The van der Waals surface area contributed by atoms with Gasteiger partial charge in [-0.05, 0) is 66.7 Å². The molecule has 3 fully saturated rings. The minimum absolute atomic E-state index is 0.0786. The molecule has 3 aromatic rings. The fraction of sp³-hybridized carbons (Fsp3) is 0.333. The SMILES string of the molecule is Fc1cccc([C@H](c2ccccc2F)[C@@H]2[C@H](NCc3ccccc3)C3CCN2CC3)c1. The average molecular weight is 419 g/mol. The van der Waals surface area contributed by atoms with E-state index in [2.05, 4.69) is 34.5 Å². The van der Waals surface area contributed by atoms with Crippen molar-refractivity contribution in [3.05, 3.63) is 107 Å². The topological polar surface area (TPSA) is 15.3 Å². The van der Waals surface area contributed by atoms with Gasteiger partial charge in [-0.25, -0.2) is 8.78 Å². The van der Waals surface area contributed by atoms with Crippen molar-refractivity contribution in [1.29, 1.82) is 0 Å². The zero-order valence-electron chi connectivity index (χ0n) is 17.6. The van der Waals surface area contributed by atoms with Gasteiger partial charge >= 0.3 is 0 Å². The van der Waals surface area contributed by atoms with Gasteiger partial charge in [0.1, 0.15) is 11.6 Å².